The highest BCUT2D eigenvalue weighted by molar-refractivity contribution is 6.30. The molecule has 0 bridgehead atoms. The van der Waals surface area contributed by atoms with Crippen molar-refractivity contribution in [2.24, 2.45) is 0 Å². The highest BCUT2D eigenvalue weighted by Crippen LogP contribution is 2.34. The molecule has 0 radical (unpaired) electrons. The zero-order valence-corrected chi connectivity index (χ0v) is 15.2. The van der Waals surface area contributed by atoms with Crippen LogP contribution in [0.4, 0.5) is 13.2 Å². The van der Waals surface area contributed by atoms with Crippen LogP contribution in [0.15, 0.2) is 47.4 Å². The Labute approximate surface area is 162 Å². The summed E-state index contributed by atoms with van der Waals surface area (Å²) in [6.07, 6.45) is -4.94. The van der Waals surface area contributed by atoms with Crippen LogP contribution in [0.5, 0.6) is 0 Å². The molecule has 7 nitrogen and oxygen atoms in total. The molecule has 0 aliphatic carbocycles. The van der Waals surface area contributed by atoms with Crippen LogP contribution in [0, 0.1) is 0 Å². The highest BCUT2D eigenvalue weighted by Gasteiger charge is 2.41. The van der Waals surface area contributed by atoms with E-state index in [2.05, 4.69) is 15.6 Å². The van der Waals surface area contributed by atoms with Gasteiger partial charge in [-0.25, -0.2) is 4.68 Å². The predicted molar refractivity (Wildman–Crippen MR) is 95.6 cm³/mol. The number of aromatic nitrogens is 4. The lowest BCUT2D eigenvalue weighted by molar-refractivity contribution is -0.144. The molecule has 0 saturated carbocycles. The topological polar surface area (TPSA) is 85.0 Å². The van der Waals surface area contributed by atoms with Crippen molar-refractivity contribution in [3.8, 4) is 11.4 Å². The molecule has 11 heteroatoms. The average molecular weight is 414 g/mol. The maximum absolute atomic E-state index is 13.6. The Kier molecular flexibility index (Phi) is 5.54. The minimum atomic E-state index is -4.79. The molecule has 2 aromatic heterocycles. The van der Waals surface area contributed by atoms with Gasteiger partial charge >= 0.3 is 6.18 Å². The fraction of sp³-hybridized carbons (Fsp3) is 0.235. The van der Waals surface area contributed by atoms with Crippen LogP contribution < -0.4 is 10.9 Å². The number of benzene rings is 1. The summed E-state index contributed by atoms with van der Waals surface area (Å²) in [6.45, 7) is 1.88. The first-order valence-electron chi connectivity index (χ1n) is 8.15. The molecular weight excluding hydrogens is 399 g/mol. The summed E-state index contributed by atoms with van der Waals surface area (Å²) in [6, 6.07) is 8.40. The van der Waals surface area contributed by atoms with Crippen LogP contribution in [-0.4, -0.2) is 31.2 Å². The van der Waals surface area contributed by atoms with Crippen molar-refractivity contribution in [3.05, 3.63) is 69.4 Å². The lowest BCUT2D eigenvalue weighted by atomic mass is 10.2. The monoisotopic (exact) mass is 413 g/mol. The summed E-state index contributed by atoms with van der Waals surface area (Å²) in [7, 11) is 0. The highest BCUT2D eigenvalue weighted by atomic mass is 35.5. The van der Waals surface area contributed by atoms with E-state index in [4.69, 9.17) is 11.6 Å². The van der Waals surface area contributed by atoms with Gasteiger partial charge in [-0.15, -0.1) is 5.10 Å². The van der Waals surface area contributed by atoms with Crippen LogP contribution in [0.2, 0.25) is 5.02 Å². The number of pyridine rings is 1. The van der Waals surface area contributed by atoms with Gasteiger partial charge < -0.3 is 5.11 Å². The average Bonchev–Trinajstić information content (AvgIpc) is 3.08. The van der Waals surface area contributed by atoms with E-state index in [1.165, 1.54) is 47.2 Å². The normalized spacial score (nSPS) is 12.9. The van der Waals surface area contributed by atoms with E-state index in [9.17, 15) is 23.1 Å². The van der Waals surface area contributed by atoms with E-state index >= 15 is 0 Å². The Hall–Kier alpha value is -2.69. The number of rotatable bonds is 5. The molecule has 0 saturated heterocycles. The van der Waals surface area contributed by atoms with Gasteiger partial charge in [0.05, 0.1) is 5.69 Å². The summed E-state index contributed by atoms with van der Waals surface area (Å²) >= 11 is 5.76. The minimum absolute atomic E-state index is 0.0699. The van der Waals surface area contributed by atoms with Gasteiger partial charge in [0.1, 0.15) is 5.69 Å². The third-order valence-corrected chi connectivity index (χ3v) is 4.11. The zero-order chi connectivity index (χ0) is 20.5. The molecule has 2 heterocycles. The molecule has 0 amide bonds. The fourth-order valence-corrected chi connectivity index (χ4v) is 2.79. The fourth-order valence-electron chi connectivity index (χ4n) is 2.64. The van der Waals surface area contributed by atoms with Gasteiger partial charge in [0.2, 0.25) is 0 Å². The lowest BCUT2D eigenvalue weighted by Crippen LogP contribution is -2.24. The van der Waals surface area contributed by atoms with Crippen molar-refractivity contribution in [2.45, 2.75) is 19.3 Å². The first kappa shape index (κ1) is 20.1. The van der Waals surface area contributed by atoms with Crippen LogP contribution >= 0.6 is 11.6 Å². The van der Waals surface area contributed by atoms with Crippen LogP contribution in [-0.2, 0) is 6.18 Å². The number of nitrogens with zero attached hydrogens (tertiary/aromatic N) is 4. The van der Waals surface area contributed by atoms with E-state index in [0.717, 1.165) is 0 Å². The van der Waals surface area contributed by atoms with Crippen LogP contribution in [0.3, 0.4) is 0 Å². The number of alkyl halides is 3. The summed E-state index contributed by atoms with van der Waals surface area (Å²) in [5.74, 6) is 0. The predicted octanol–water partition coefficient (Wildman–Crippen LogP) is 2.69. The second kappa shape index (κ2) is 7.74. The molecule has 3 rings (SSSR count). The van der Waals surface area contributed by atoms with Crippen LogP contribution in [0.25, 0.3) is 11.4 Å². The van der Waals surface area contributed by atoms with E-state index in [0.29, 0.717) is 10.4 Å². The Bertz CT molecular complexity index is 1030. The maximum atomic E-state index is 13.6. The Morgan fingerprint density at radius 3 is 2.43 bits per heavy atom. The minimum Gasteiger partial charge on any atom is -0.372 e. The summed E-state index contributed by atoms with van der Waals surface area (Å²) in [4.78, 5) is 12.0. The number of nitrogens with one attached hydrogen (secondary N) is 1. The maximum Gasteiger partial charge on any atom is 0.435 e. The van der Waals surface area contributed by atoms with Gasteiger partial charge in [-0.1, -0.05) is 23.7 Å². The molecule has 28 heavy (non-hydrogen) atoms. The molecule has 1 unspecified atom stereocenters. The third-order valence-electron chi connectivity index (χ3n) is 3.88. The Balaban J connectivity index is 2.03. The van der Waals surface area contributed by atoms with Crippen molar-refractivity contribution in [1.82, 2.24) is 24.9 Å². The van der Waals surface area contributed by atoms with Crippen molar-refractivity contribution in [2.75, 3.05) is 6.54 Å². The zero-order valence-electron chi connectivity index (χ0n) is 14.5. The van der Waals surface area contributed by atoms with E-state index in [1.807, 2.05) is 0 Å². The molecule has 2 N–H and O–H groups in total. The number of aliphatic hydroxyl groups excluding tert-OH is 1. The summed E-state index contributed by atoms with van der Waals surface area (Å²) in [5.41, 5.74) is -1.68. The molecule has 0 fully saturated rings. The Morgan fingerprint density at radius 1 is 1.21 bits per heavy atom. The quantitative estimate of drug-likeness (QED) is 0.628. The smallest absolute Gasteiger partial charge is 0.372 e. The Morgan fingerprint density at radius 2 is 1.86 bits per heavy atom. The number of aliphatic hydroxyl groups is 1. The van der Waals surface area contributed by atoms with Crippen molar-refractivity contribution < 1.29 is 18.3 Å². The molecule has 0 spiro atoms. The molecule has 0 aliphatic rings. The molecule has 3 aromatic rings. The molecule has 1 aromatic carbocycles. The molecule has 148 valence electrons. The van der Waals surface area contributed by atoms with Gasteiger partial charge in [0.15, 0.2) is 11.9 Å². The second-order valence-corrected chi connectivity index (χ2v) is 6.20. The number of halogens is 4. The van der Waals surface area contributed by atoms with Gasteiger partial charge in [-0.2, -0.15) is 13.2 Å². The van der Waals surface area contributed by atoms with Gasteiger partial charge in [0, 0.05) is 23.0 Å². The van der Waals surface area contributed by atoms with Gasteiger partial charge in [-0.3, -0.25) is 14.7 Å². The van der Waals surface area contributed by atoms with E-state index in [-0.39, 0.29) is 22.8 Å². The van der Waals surface area contributed by atoms with Crippen molar-refractivity contribution >= 4 is 11.6 Å². The van der Waals surface area contributed by atoms with E-state index < -0.39 is 23.8 Å². The first-order chi connectivity index (χ1) is 13.2. The molecular formula is C17H15ClF3N5O2. The van der Waals surface area contributed by atoms with Crippen LogP contribution in [0.1, 0.15) is 24.5 Å². The van der Waals surface area contributed by atoms with Gasteiger partial charge in [-0.05, 0) is 36.9 Å². The lowest BCUT2D eigenvalue weighted by Gasteiger charge is -2.14. The molecule has 0 aliphatic heterocycles. The third kappa shape index (κ3) is 3.93. The van der Waals surface area contributed by atoms with Crippen molar-refractivity contribution in [1.29, 1.82) is 0 Å². The number of hydrogen-bond donors (Lipinski definition) is 2. The standard InChI is InChI=1S/C17H15ClF3N5O2/c1-2-22-16(28)14-15(17(19,20)21)26(24-23-14)12-5-3-11(4-6-12)25-8-7-10(18)9-13(25)27/h3-9,16,22,28H,2H2,1H3. The SMILES string of the molecule is CCNC(O)c1nnn(-c2ccc(-n3ccc(Cl)cc3=O)cc2)c1C(F)(F)F. The second-order valence-electron chi connectivity index (χ2n) is 5.76. The molecule has 1 atom stereocenters. The summed E-state index contributed by atoms with van der Waals surface area (Å²) in [5, 5.41) is 19.7. The summed E-state index contributed by atoms with van der Waals surface area (Å²) < 4.78 is 42.6. The largest absolute Gasteiger partial charge is 0.435 e. The van der Waals surface area contributed by atoms with Gasteiger partial charge in [0.25, 0.3) is 5.56 Å². The number of hydrogen-bond acceptors (Lipinski definition) is 5. The van der Waals surface area contributed by atoms with Crippen molar-refractivity contribution in [3.63, 3.8) is 0 Å². The first-order valence-corrected chi connectivity index (χ1v) is 8.53. The van der Waals surface area contributed by atoms with E-state index in [1.54, 1.807) is 6.92 Å².